The van der Waals surface area contributed by atoms with Gasteiger partial charge >= 0.3 is 0 Å². The van der Waals surface area contributed by atoms with Gasteiger partial charge < -0.3 is 0 Å². The molecule has 0 fully saturated rings. The van der Waals surface area contributed by atoms with E-state index >= 15 is 0 Å². The zero-order valence-electron chi connectivity index (χ0n) is 15.0. The Morgan fingerprint density at radius 3 is 1.43 bits per heavy atom. The van der Waals surface area contributed by atoms with Gasteiger partial charge in [0.1, 0.15) is 0 Å². The Morgan fingerprint density at radius 1 is 0.786 bits per heavy atom. The number of thioether (sulfide) groups is 2. The molecule has 0 bridgehead atoms. The molecule has 0 aromatic heterocycles. The van der Waals surface area contributed by atoms with Crippen molar-refractivity contribution >= 4 is 46.5 Å². The monoisotopic (exact) mass is 420 g/mol. The van der Waals surface area contributed by atoms with Crippen LogP contribution in [0.1, 0.15) is 34.6 Å². The molecule has 0 N–H and O–H groups in total. The average molecular weight is 420 g/mol. The quantitative estimate of drug-likeness (QED) is 0.187. The number of rotatable bonds is 9. The molecule has 0 saturated carbocycles. The maximum Gasteiger partial charge on any atom is 0.283 e. The van der Waals surface area contributed by atoms with E-state index in [9.17, 15) is 29.8 Å². The van der Waals surface area contributed by atoms with E-state index < -0.39 is 9.85 Å². The first-order valence-electron chi connectivity index (χ1n) is 8.05. The van der Waals surface area contributed by atoms with Crippen LogP contribution in [0.15, 0.2) is 46.2 Å². The number of carbonyl (C=O) groups is 2. The molecule has 10 heteroatoms. The number of nitrogens with zero attached hydrogens (tertiary/aromatic N) is 2. The van der Waals surface area contributed by atoms with Crippen LogP contribution < -0.4 is 0 Å². The molecule has 0 atom stereocenters. The second kappa shape index (κ2) is 9.47. The predicted octanol–water partition coefficient (Wildman–Crippen LogP) is 4.79. The van der Waals surface area contributed by atoms with Crippen molar-refractivity contribution in [3.8, 4) is 0 Å². The molecule has 0 unspecified atom stereocenters. The SMILES string of the molecule is CC(=O)c1ccc(SCCSc2ccc(C(C)=O)cc2[N+](=O)[O-])c([N+](=O)[O-])c1. The number of hydrogen-bond acceptors (Lipinski definition) is 8. The number of carbonyl (C=O) groups excluding carboxylic acids is 2. The third-order valence-corrected chi connectivity index (χ3v) is 6.11. The van der Waals surface area contributed by atoms with Crippen LogP contribution in [0.5, 0.6) is 0 Å². The van der Waals surface area contributed by atoms with Crippen molar-refractivity contribution in [2.24, 2.45) is 0 Å². The first-order valence-corrected chi connectivity index (χ1v) is 10.0. The third kappa shape index (κ3) is 5.40. The highest BCUT2D eigenvalue weighted by Gasteiger charge is 2.18. The molecule has 8 nitrogen and oxygen atoms in total. The van der Waals surface area contributed by atoms with Crippen molar-refractivity contribution in [2.45, 2.75) is 23.6 Å². The molecule has 2 aromatic rings. The summed E-state index contributed by atoms with van der Waals surface area (Å²) in [5.41, 5.74) is 0.261. The molecule has 0 spiro atoms. The summed E-state index contributed by atoms with van der Waals surface area (Å²) >= 11 is 2.48. The van der Waals surface area contributed by atoms with Gasteiger partial charge in [-0.1, -0.05) is 0 Å². The molecule has 0 aliphatic carbocycles. The molecule has 2 aromatic carbocycles. The van der Waals surface area contributed by atoms with Gasteiger partial charge in [-0.3, -0.25) is 29.8 Å². The number of hydrogen-bond donors (Lipinski definition) is 0. The van der Waals surface area contributed by atoms with Crippen molar-refractivity contribution in [1.82, 2.24) is 0 Å². The molecule has 0 aliphatic rings. The minimum atomic E-state index is -0.534. The van der Waals surface area contributed by atoms with E-state index in [0.717, 1.165) is 0 Å². The maximum atomic E-state index is 11.4. The fraction of sp³-hybridized carbons (Fsp3) is 0.222. The van der Waals surface area contributed by atoms with Gasteiger partial charge in [-0.15, -0.1) is 23.5 Å². The molecule has 28 heavy (non-hydrogen) atoms. The third-order valence-electron chi connectivity index (χ3n) is 3.72. The van der Waals surface area contributed by atoms with Gasteiger partial charge in [0.05, 0.1) is 19.6 Å². The smallest absolute Gasteiger partial charge is 0.283 e. The predicted molar refractivity (Wildman–Crippen MR) is 108 cm³/mol. The van der Waals surface area contributed by atoms with Crippen LogP contribution in [-0.2, 0) is 0 Å². The van der Waals surface area contributed by atoms with Crippen molar-refractivity contribution in [3.05, 3.63) is 67.8 Å². The van der Waals surface area contributed by atoms with E-state index in [1.807, 2.05) is 0 Å². The standard InChI is InChI=1S/C18H16N2O6S2/c1-11(21)13-3-5-17(15(9-13)19(23)24)27-7-8-28-18-6-4-14(12(2)22)10-16(18)20(25)26/h3-6,9-10H,7-8H2,1-2H3. The zero-order valence-corrected chi connectivity index (χ0v) is 16.7. The summed E-state index contributed by atoms with van der Waals surface area (Å²) in [5, 5.41) is 22.5. The summed E-state index contributed by atoms with van der Waals surface area (Å²) in [6, 6.07) is 8.65. The molecule has 0 heterocycles. The van der Waals surface area contributed by atoms with E-state index in [1.54, 1.807) is 0 Å². The van der Waals surface area contributed by atoms with E-state index in [2.05, 4.69) is 0 Å². The number of benzene rings is 2. The highest BCUT2D eigenvalue weighted by atomic mass is 32.2. The second-order valence-electron chi connectivity index (χ2n) is 5.69. The summed E-state index contributed by atoms with van der Waals surface area (Å²) in [7, 11) is 0. The van der Waals surface area contributed by atoms with Crippen molar-refractivity contribution < 1.29 is 19.4 Å². The molecule has 2 rings (SSSR count). The van der Waals surface area contributed by atoms with Crippen LogP contribution in [0.3, 0.4) is 0 Å². The van der Waals surface area contributed by atoms with Crippen molar-refractivity contribution in [1.29, 1.82) is 0 Å². The Hall–Kier alpha value is -2.72. The summed E-state index contributed by atoms with van der Waals surface area (Å²) in [5.74, 6) is 0.431. The van der Waals surface area contributed by atoms with Crippen LogP contribution in [-0.4, -0.2) is 32.9 Å². The average Bonchev–Trinajstić information content (AvgIpc) is 2.64. The Kier molecular flexibility index (Phi) is 7.30. The molecule has 146 valence electrons. The van der Waals surface area contributed by atoms with E-state index in [4.69, 9.17) is 0 Å². The van der Waals surface area contributed by atoms with Crippen LogP contribution in [0.4, 0.5) is 11.4 Å². The number of nitro benzene ring substituents is 2. The minimum Gasteiger partial charge on any atom is -0.295 e. The molecular formula is C18H16N2O6S2. The van der Waals surface area contributed by atoms with E-state index in [-0.39, 0.29) is 34.1 Å². The van der Waals surface area contributed by atoms with Crippen molar-refractivity contribution in [2.75, 3.05) is 11.5 Å². The highest BCUT2D eigenvalue weighted by molar-refractivity contribution is 8.03. The van der Waals surface area contributed by atoms with Gasteiger partial charge in [-0.05, 0) is 38.1 Å². The lowest BCUT2D eigenvalue weighted by atomic mass is 10.1. The molecule has 0 amide bonds. The lowest BCUT2D eigenvalue weighted by Crippen LogP contribution is -1.98. The molecule has 0 aliphatic heterocycles. The van der Waals surface area contributed by atoms with Gasteiger partial charge in [-0.2, -0.15) is 0 Å². The van der Waals surface area contributed by atoms with Crippen LogP contribution in [0.25, 0.3) is 0 Å². The summed E-state index contributed by atoms with van der Waals surface area (Å²) < 4.78 is 0. The number of ketones is 2. The Balaban J connectivity index is 2.07. The summed E-state index contributed by atoms with van der Waals surface area (Å²) in [6.45, 7) is 2.68. The summed E-state index contributed by atoms with van der Waals surface area (Å²) in [6.07, 6.45) is 0. The van der Waals surface area contributed by atoms with E-state index in [0.29, 0.717) is 21.3 Å². The van der Waals surface area contributed by atoms with Gasteiger partial charge in [0, 0.05) is 34.8 Å². The topological polar surface area (TPSA) is 120 Å². The van der Waals surface area contributed by atoms with Gasteiger partial charge in [0.15, 0.2) is 11.6 Å². The Bertz CT molecular complexity index is 884. The number of Topliss-reactive ketones (excluding diaryl/α,β-unsaturated/α-hetero) is 2. The second-order valence-corrected chi connectivity index (χ2v) is 7.96. The fourth-order valence-electron chi connectivity index (χ4n) is 2.31. The Labute approximate surface area is 169 Å². The minimum absolute atomic E-state index is 0.139. The van der Waals surface area contributed by atoms with E-state index in [1.165, 1.54) is 73.8 Å². The van der Waals surface area contributed by atoms with Gasteiger partial charge in [0.25, 0.3) is 11.4 Å². The van der Waals surface area contributed by atoms with Crippen LogP contribution in [0.2, 0.25) is 0 Å². The molecular weight excluding hydrogens is 404 g/mol. The molecule has 0 saturated heterocycles. The summed E-state index contributed by atoms with van der Waals surface area (Å²) in [4.78, 5) is 45.0. The fourth-order valence-corrected chi connectivity index (χ4v) is 4.30. The highest BCUT2D eigenvalue weighted by Crippen LogP contribution is 2.34. The number of nitro groups is 2. The van der Waals surface area contributed by atoms with Gasteiger partial charge in [-0.25, -0.2) is 0 Å². The van der Waals surface area contributed by atoms with Crippen LogP contribution in [0, 0.1) is 20.2 Å². The maximum absolute atomic E-state index is 11.4. The lowest BCUT2D eigenvalue weighted by Gasteiger charge is -2.06. The van der Waals surface area contributed by atoms with Crippen LogP contribution >= 0.6 is 23.5 Å². The largest absolute Gasteiger partial charge is 0.295 e. The van der Waals surface area contributed by atoms with Gasteiger partial charge in [0.2, 0.25) is 0 Å². The lowest BCUT2D eigenvalue weighted by molar-refractivity contribution is -0.387. The molecule has 0 radical (unpaired) electrons. The van der Waals surface area contributed by atoms with Crippen molar-refractivity contribution in [3.63, 3.8) is 0 Å². The Morgan fingerprint density at radius 2 is 1.14 bits per heavy atom. The zero-order chi connectivity index (χ0) is 20.8. The normalized spacial score (nSPS) is 10.5. The first-order chi connectivity index (χ1) is 13.2. The first kappa shape index (κ1) is 21.6.